The first-order valence-electron chi connectivity index (χ1n) is 6.49. The third-order valence-corrected chi connectivity index (χ3v) is 2.92. The van der Waals surface area contributed by atoms with Gasteiger partial charge in [-0.15, -0.1) is 0 Å². The highest BCUT2D eigenvalue weighted by molar-refractivity contribution is 5.72. The maximum absolute atomic E-state index is 5.79. The zero-order valence-electron chi connectivity index (χ0n) is 11.6. The molecule has 0 amide bonds. The molecule has 0 atom stereocenters. The van der Waals surface area contributed by atoms with Crippen LogP contribution < -0.4 is 10.1 Å². The second-order valence-electron chi connectivity index (χ2n) is 4.29. The van der Waals surface area contributed by atoms with E-state index in [0.717, 1.165) is 34.8 Å². The number of para-hydroxylation sites is 1. The van der Waals surface area contributed by atoms with Crippen LogP contribution in [0.15, 0.2) is 30.6 Å². The largest absolute Gasteiger partial charge is 0.493 e. The molecule has 4 nitrogen and oxygen atoms in total. The van der Waals surface area contributed by atoms with Gasteiger partial charge in [0.05, 0.1) is 12.3 Å². The van der Waals surface area contributed by atoms with E-state index in [4.69, 9.17) is 4.74 Å². The topological polar surface area (TPSA) is 47.0 Å². The van der Waals surface area contributed by atoms with Gasteiger partial charge in [0.15, 0.2) is 0 Å². The Bertz CT molecular complexity index is 555. The molecule has 0 saturated heterocycles. The van der Waals surface area contributed by atoms with Gasteiger partial charge in [-0.3, -0.25) is 0 Å². The van der Waals surface area contributed by atoms with Gasteiger partial charge >= 0.3 is 0 Å². The predicted molar refractivity (Wildman–Crippen MR) is 77.5 cm³/mol. The summed E-state index contributed by atoms with van der Waals surface area (Å²) in [6, 6.07) is 7.98. The number of benzene rings is 1. The van der Waals surface area contributed by atoms with Crippen molar-refractivity contribution in [2.75, 3.05) is 19.0 Å². The second-order valence-corrected chi connectivity index (χ2v) is 4.29. The van der Waals surface area contributed by atoms with Crippen LogP contribution in [0.5, 0.6) is 5.75 Å². The Kier molecular flexibility index (Phi) is 4.34. The van der Waals surface area contributed by atoms with Crippen LogP contribution in [0.25, 0.3) is 11.3 Å². The van der Waals surface area contributed by atoms with Crippen LogP contribution in [0.4, 0.5) is 5.82 Å². The molecule has 2 rings (SSSR count). The molecule has 19 heavy (non-hydrogen) atoms. The van der Waals surface area contributed by atoms with Crippen molar-refractivity contribution in [1.82, 2.24) is 9.97 Å². The second kappa shape index (κ2) is 6.18. The van der Waals surface area contributed by atoms with Gasteiger partial charge in [-0.2, -0.15) is 0 Å². The van der Waals surface area contributed by atoms with E-state index in [1.54, 1.807) is 6.33 Å². The lowest BCUT2D eigenvalue weighted by atomic mass is 10.1. The number of anilines is 1. The monoisotopic (exact) mass is 257 g/mol. The summed E-state index contributed by atoms with van der Waals surface area (Å²) in [5.41, 5.74) is 2.94. The molecule has 1 aromatic heterocycles. The van der Waals surface area contributed by atoms with Crippen LogP contribution in [0.1, 0.15) is 18.9 Å². The number of nitrogens with one attached hydrogen (secondary N) is 1. The maximum Gasteiger partial charge on any atom is 0.132 e. The summed E-state index contributed by atoms with van der Waals surface area (Å²) >= 11 is 0. The molecule has 0 radical (unpaired) electrons. The van der Waals surface area contributed by atoms with E-state index in [1.807, 2.05) is 38.2 Å². The van der Waals surface area contributed by atoms with Gasteiger partial charge in [0.25, 0.3) is 0 Å². The van der Waals surface area contributed by atoms with Gasteiger partial charge in [-0.25, -0.2) is 9.97 Å². The molecule has 1 aromatic carbocycles. The predicted octanol–water partition coefficient (Wildman–Crippen LogP) is 3.28. The summed E-state index contributed by atoms with van der Waals surface area (Å²) in [4.78, 5) is 8.61. The average molecular weight is 257 g/mol. The summed E-state index contributed by atoms with van der Waals surface area (Å²) in [6.07, 6.45) is 2.56. The third kappa shape index (κ3) is 2.84. The number of hydrogen-bond acceptors (Lipinski definition) is 4. The van der Waals surface area contributed by atoms with E-state index in [9.17, 15) is 0 Å². The van der Waals surface area contributed by atoms with Crippen LogP contribution in [0.2, 0.25) is 0 Å². The summed E-state index contributed by atoms with van der Waals surface area (Å²) in [5.74, 6) is 1.71. The first kappa shape index (κ1) is 13.3. The molecule has 0 aliphatic heterocycles. The van der Waals surface area contributed by atoms with Crippen molar-refractivity contribution in [2.45, 2.75) is 20.3 Å². The molecular formula is C15H19N3O. The fourth-order valence-electron chi connectivity index (χ4n) is 1.97. The Hall–Kier alpha value is -2.10. The molecule has 2 aromatic rings. The maximum atomic E-state index is 5.79. The molecule has 100 valence electrons. The number of ether oxygens (including phenoxy) is 1. The first-order valence-corrected chi connectivity index (χ1v) is 6.49. The molecule has 4 heteroatoms. The molecule has 0 aliphatic carbocycles. The highest BCUT2D eigenvalue weighted by Crippen LogP contribution is 2.32. The number of aromatic nitrogens is 2. The fraction of sp³-hybridized carbons (Fsp3) is 0.333. The van der Waals surface area contributed by atoms with E-state index >= 15 is 0 Å². The summed E-state index contributed by atoms with van der Waals surface area (Å²) in [6.45, 7) is 4.81. The average Bonchev–Trinajstić information content (AvgIpc) is 2.46. The van der Waals surface area contributed by atoms with Crippen LogP contribution in [0, 0.1) is 6.92 Å². The summed E-state index contributed by atoms with van der Waals surface area (Å²) in [5, 5.41) is 3.08. The van der Waals surface area contributed by atoms with Gasteiger partial charge in [-0.05, 0) is 25.5 Å². The van der Waals surface area contributed by atoms with Crippen molar-refractivity contribution in [2.24, 2.45) is 0 Å². The van der Waals surface area contributed by atoms with Crippen molar-refractivity contribution in [3.8, 4) is 17.0 Å². The zero-order chi connectivity index (χ0) is 13.7. The van der Waals surface area contributed by atoms with E-state index in [2.05, 4.69) is 22.2 Å². The highest BCUT2D eigenvalue weighted by Gasteiger charge is 2.12. The minimum atomic E-state index is 0.708. The van der Waals surface area contributed by atoms with Gasteiger partial charge in [0, 0.05) is 18.2 Å². The van der Waals surface area contributed by atoms with Crippen molar-refractivity contribution in [3.05, 3.63) is 36.2 Å². The van der Waals surface area contributed by atoms with Crippen LogP contribution >= 0.6 is 0 Å². The molecule has 0 fully saturated rings. The summed E-state index contributed by atoms with van der Waals surface area (Å²) < 4.78 is 5.79. The Labute approximate surface area is 113 Å². The lowest BCUT2D eigenvalue weighted by molar-refractivity contribution is 0.318. The van der Waals surface area contributed by atoms with Crippen LogP contribution in [-0.2, 0) is 0 Å². The minimum Gasteiger partial charge on any atom is -0.493 e. The third-order valence-electron chi connectivity index (χ3n) is 2.92. The van der Waals surface area contributed by atoms with Gasteiger partial charge in [-0.1, -0.05) is 19.1 Å². The van der Waals surface area contributed by atoms with E-state index in [0.29, 0.717) is 6.61 Å². The van der Waals surface area contributed by atoms with Crippen LogP contribution in [0.3, 0.4) is 0 Å². The SMILES string of the molecule is CCCOc1ccccc1-c1ncnc(NC)c1C. The lowest BCUT2D eigenvalue weighted by Crippen LogP contribution is -2.01. The minimum absolute atomic E-state index is 0.708. The van der Waals surface area contributed by atoms with Gasteiger partial charge in [0.1, 0.15) is 17.9 Å². The van der Waals surface area contributed by atoms with E-state index in [-0.39, 0.29) is 0 Å². The van der Waals surface area contributed by atoms with Crippen molar-refractivity contribution >= 4 is 5.82 Å². The first-order chi connectivity index (χ1) is 9.27. The van der Waals surface area contributed by atoms with E-state index in [1.165, 1.54) is 0 Å². The Morgan fingerprint density at radius 1 is 1.21 bits per heavy atom. The zero-order valence-corrected chi connectivity index (χ0v) is 11.6. The molecule has 0 unspecified atom stereocenters. The van der Waals surface area contributed by atoms with Crippen molar-refractivity contribution < 1.29 is 4.74 Å². The molecule has 1 N–H and O–H groups in total. The molecule has 0 aliphatic rings. The van der Waals surface area contributed by atoms with Crippen molar-refractivity contribution in [1.29, 1.82) is 0 Å². The molecule has 0 bridgehead atoms. The Balaban J connectivity index is 2.46. The number of hydrogen-bond donors (Lipinski definition) is 1. The highest BCUT2D eigenvalue weighted by atomic mass is 16.5. The van der Waals surface area contributed by atoms with Crippen LogP contribution in [-0.4, -0.2) is 23.6 Å². The standard InChI is InChI=1S/C15H19N3O/c1-4-9-19-13-8-6-5-7-12(13)14-11(2)15(16-3)18-10-17-14/h5-8,10H,4,9H2,1-3H3,(H,16,17,18). The molecule has 0 spiro atoms. The quantitative estimate of drug-likeness (QED) is 0.893. The van der Waals surface area contributed by atoms with Gasteiger partial charge in [0.2, 0.25) is 0 Å². The van der Waals surface area contributed by atoms with Crippen molar-refractivity contribution in [3.63, 3.8) is 0 Å². The Morgan fingerprint density at radius 2 is 2.00 bits per heavy atom. The smallest absolute Gasteiger partial charge is 0.132 e. The van der Waals surface area contributed by atoms with Gasteiger partial charge < -0.3 is 10.1 Å². The number of rotatable bonds is 5. The normalized spacial score (nSPS) is 10.3. The lowest BCUT2D eigenvalue weighted by Gasteiger charge is -2.13. The summed E-state index contributed by atoms with van der Waals surface area (Å²) in [7, 11) is 1.86. The Morgan fingerprint density at radius 3 is 2.74 bits per heavy atom. The van der Waals surface area contributed by atoms with E-state index < -0.39 is 0 Å². The molecule has 0 saturated carbocycles. The number of nitrogens with zero attached hydrogens (tertiary/aromatic N) is 2. The molecule has 1 heterocycles. The fourth-order valence-corrected chi connectivity index (χ4v) is 1.97. The molecular weight excluding hydrogens is 238 g/mol.